The summed E-state index contributed by atoms with van der Waals surface area (Å²) in [5.74, 6) is 0.402. The van der Waals surface area contributed by atoms with Gasteiger partial charge >= 0.3 is 0 Å². The van der Waals surface area contributed by atoms with Crippen molar-refractivity contribution in [1.29, 1.82) is 0 Å². The smallest absolute Gasteiger partial charge is 0.290 e. The molecule has 2 aliphatic heterocycles. The number of amides is 2. The van der Waals surface area contributed by atoms with Crippen LogP contribution < -0.4 is 15.8 Å². The Morgan fingerprint density at radius 3 is 2.66 bits per heavy atom. The molecule has 3 aromatic heterocycles. The molecular weight excluding hydrogens is 486 g/mol. The first kappa shape index (κ1) is 23.7. The van der Waals surface area contributed by atoms with Crippen molar-refractivity contribution in [2.24, 2.45) is 0 Å². The Morgan fingerprint density at radius 2 is 1.97 bits per heavy atom. The minimum atomic E-state index is -0.504. The number of nitrogens with zero attached hydrogens (tertiary/aromatic N) is 4. The highest BCUT2D eigenvalue weighted by Gasteiger charge is 2.27. The maximum Gasteiger partial charge on any atom is 0.290 e. The number of anilines is 1. The largest absolute Gasteiger partial charge is 0.378 e. The molecule has 1 N–H and O–H groups in total. The highest BCUT2D eigenvalue weighted by Crippen LogP contribution is 2.28. The van der Waals surface area contributed by atoms with E-state index in [2.05, 4.69) is 24.5 Å². The highest BCUT2D eigenvalue weighted by molar-refractivity contribution is 8.18. The molecule has 5 rings (SSSR count). The molecule has 0 saturated carbocycles. The minimum absolute atomic E-state index is 0.184. The standard InChI is InChI=1S/C24H25N5O4S2/c1-14(2)17-13-34-20(25-17)4-3-15-5-6-29-19(11-15)26-21(28-7-9-33-10-8-28)16(23(29)31)12-18-22(30)27-24(32)35-18/h5-6,11-14H,3-4,7-10H2,1-2H3,(H,27,30,32)/b18-12+. The summed E-state index contributed by atoms with van der Waals surface area (Å²) >= 11 is 2.46. The van der Waals surface area contributed by atoms with Gasteiger partial charge in [0.05, 0.1) is 34.4 Å². The zero-order valence-electron chi connectivity index (χ0n) is 19.4. The van der Waals surface area contributed by atoms with Crippen LogP contribution in [0.1, 0.15) is 41.6 Å². The lowest BCUT2D eigenvalue weighted by molar-refractivity contribution is -0.115. The number of ether oxygens (including phenoxy) is 1. The van der Waals surface area contributed by atoms with Gasteiger partial charge in [-0.1, -0.05) is 13.8 Å². The Bertz CT molecular complexity index is 1390. The van der Waals surface area contributed by atoms with Crippen molar-refractivity contribution in [3.63, 3.8) is 0 Å². The fourth-order valence-electron chi connectivity index (χ4n) is 3.99. The van der Waals surface area contributed by atoms with E-state index in [1.807, 2.05) is 17.0 Å². The molecule has 35 heavy (non-hydrogen) atoms. The first-order valence-electron chi connectivity index (χ1n) is 11.5. The Labute approximate surface area is 210 Å². The number of hydrogen-bond acceptors (Lipinski definition) is 9. The number of nitrogens with one attached hydrogen (secondary N) is 1. The maximum atomic E-state index is 13.5. The number of thioether (sulfide) groups is 1. The summed E-state index contributed by atoms with van der Waals surface area (Å²) in [7, 11) is 0. The third-order valence-electron chi connectivity index (χ3n) is 5.93. The maximum absolute atomic E-state index is 13.5. The molecule has 0 spiro atoms. The summed E-state index contributed by atoms with van der Waals surface area (Å²) in [6, 6.07) is 3.85. The Hall–Kier alpha value is -3.02. The number of thiazole rings is 1. The number of aromatic nitrogens is 3. The minimum Gasteiger partial charge on any atom is -0.378 e. The molecule has 11 heteroatoms. The van der Waals surface area contributed by atoms with E-state index in [1.165, 1.54) is 10.5 Å². The van der Waals surface area contributed by atoms with Gasteiger partial charge in [0, 0.05) is 31.1 Å². The first-order chi connectivity index (χ1) is 16.9. The van der Waals surface area contributed by atoms with Crippen molar-refractivity contribution >= 4 is 51.8 Å². The third kappa shape index (κ3) is 5.02. The van der Waals surface area contributed by atoms with E-state index in [0.717, 1.165) is 40.9 Å². The molecule has 2 fully saturated rings. The van der Waals surface area contributed by atoms with Crippen LogP contribution in [-0.4, -0.2) is 51.8 Å². The summed E-state index contributed by atoms with van der Waals surface area (Å²) in [6.07, 6.45) is 4.80. The lowest BCUT2D eigenvalue weighted by Gasteiger charge is -2.29. The topological polar surface area (TPSA) is 106 Å². The molecule has 0 aromatic carbocycles. The van der Waals surface area contributed by atoms with Crippen LogP contribution in [-0.2, 0) is 22.4 Å². The van der Waals surface area contributed by atoms with Crippen LogP contribution in [0.2, 0.25) is 0 Å². The van der Waals surface area contributed by atoms with E-state index in [0.29, 0.717) is 43.7 Å². The molecular formula is C24H25N5O4S2. The van der Waals surface area contributed by atoms with E-state index in [4.69, 9.17) is 14.7 Å². The first-order valence-corrected chi connectivity index (χ1v) is 13.2. The summed E-state index contributed by atoms with van der Waals surface area (Å²) in [5.41, 5.74) is 2.72. The van der Waals surface area contributed by atoms with Gasteiger partial charge in [0.2, 0.25) is 0 Å². The second kappa shape index (κ2) is 9.92. The molecule has 0 unspecified atom stereocenters. The Morgan fingerprint density at radius 1 is 1.17 bits per heavy atom. The van der Waals surface area contributed by atoms with Gasteiger partial charge in [-0.05, 0) is 47.9 Å². The molecule has 2 aliphatic rings. The molecule has 0 aliphatic carbocycles. The molecule has 0 radical (unpaired) electrons. The summed E-state index contributed by atoms with van der Waals surface area (Å²) in [6.45, 7) is 6.49. The number of imide groups is 1. The number of hydrogen-bond donors (Lipinski definition) is 1. The van der Waals surface area contributed by atoms with Gasteiger partial charge in [0.15, 0.2) is 0 Å². The second-order valence-corrected chi connectivity index (χ2v) is 10.6. The fraction of sp³-hybridized carbons (Fsp3) is 0.375. The van der Waals surface area contributed by atoms with Crippen LogP contribution in [0.25, 0.3) is 11.7 Å². The summed E-state index contributed by atoms with van der Waals surface area (Å²) < 4.78 is 6.95. The zero-order chi connectivity index (χ0) is 24.5. The van der Waals surface area contributed by atoms with E-state index in [9.17, 15) is 14.4 Å². The van der Waals surface area contributed by atoms with Gasteiger partial charge in [0.25, 0.3) is 16.7 Å². The van der Waals surface area contributed by atoms with Gasteiger partial charge in [-0.3, -0.25) is 24.1 Å². The van der Waals surface area contributed by atoms with Crippen LogP contribution in [0.3, 0.4) is 0 Å². The van der Waals surface area contributed by atoms with E-state index < -0.39 is 11.1 Å². The van der Waals surface area contributed by atoms with Crippen LogP contribution in [0.4, 0.5) is 10.6 Å². The quantitative estimate of drug-likeness (QED) is 0.503. The molecule has 5 heterocycles. The number of pyridine rings is 1. The number of rotatable bonds is 6. The van der Waals surface area contributed by atoms with Crippen LogP contribution in [0.5, 0.6) is 0 Å². The Balaban J connectivity index is 1.51. The van der Waals surface area contributed by atoms with Crippen molar-refractivity contribution < 1.29 is 14.3 Å². The average molecular weight is 512 g/mol. The van der Waals surface area contributed by atoms with Crippen LogP contribution >= 0.6 is 23.1 Å². The normalized spacial score (nSPS) is 17.7. The number of morpholine rings is 1. The number of carbonyl (C=O) groups is 2. The monoisotopic (exact) mass is 511 g/mol. The summed E-state index contributed by atoms with van der Waals surface area (Å²) in [4.78, 5) is 49.0. The van der Waals surface area contributed by atoms with Crippen molar-refractivity contribution in [3.8, 4) is 0 Å². The van der Waals surface area contributed by atoms with Gasteiger partial charge in [0.1, 0.15) is 11.5 Å². The fourth-order valence-corrected chi connectivity index (χ4v) is 5.61. The van der Waals surface area contributed by atoms with Crippen molar-refractivity contribution in [2.45, 2.75) is 32.6 Å². The SMILES string of the molecule is CC(C)c1csc(CCc2ccn3c(=O)c(/C=C4/SC(=O)NC4=O)c(N4CCOCC4)nc3c2)n1. The predicted octanol–water partition coefficient (Wildman–Crippen LogP) is 3.22. The third-order valence-corrected chi connectivity index (χ3v) is 7.66. The number of aryl methyl sites for hydroxylation is 2. The van der Waals surface area contributed by atoms with Crippen LogP contribution in [0, 0.1) is 0 Å². The van der Waals surface area contributed by atoms with Crippen molar-refractivity contribution in [3.05, 3.63) is 60.8 Å². The lowest BCUT2D eigenvalue weighted by atomic mass is 10.1. The van der Waals surface area contributed by atoms with E-state index in [1.54, 1.807) is 17.5 Å². The molecule has 2 amide bonds. The molecule has 0 atom stereocenters. The van der Waals surface area contributed by atoms with Crippen molar-refractivity contribution in [2.75, 3.05) is 31.2 Å². The second-order valence-electron chi connectivity index (χ2n) is 8.69. The van der Waals surface area contributed by atoms with E-state index in [-0.39, 0.29) is 16.0 Å². The molecule has 9 nitrogen and oxygen atoms in total. The lowest BCUT2D eigenvalue weighted by Crippen LogP contribution is -2.38. The van der Waals surface area contributed by atoms with Crippen molar-refractivity contribution in [1.82, 2.24) is 19.7 Å². The molecule has 0 bridgehead atoms. The highest BCUT2D eigenvalue weighted by atomic mass is 32.2. The average Bonchev–Trinajstić information content (AvgIpc) is 3.45. The molecule has 3 aromatic rings. The predicted molar refractivity (Wildman–Crippen MR) is 137 cm³/mol. The van der Waals surface area contributed by atoms with Gasteiger partial charge in [-0.15, -0.1) is 11.3 Å². The Kier molecular flexibility index (Phi) is 6.72. The van der Waals surface area contributed by atoms with Gasteiger partial charge < -0.3 is 9.64 Å². The summed E-state index contributed by atoms with van der Waals surface area (Å²) in [5, 5.41) is 4.99. The van der Waals surface area contributed by atoms with E-state index >= 15 is 0 Å². The van der Waals surface area contributed by atoms with Gasteiger partial charge in [-0.2, -0.15) is 0 Å². The van der Waals surface area contributed by atoms with Crippen LogP contribution in [0.15, 0.2) is 33.4 Å². The number of carbonyl (C=O) groups excluding carboxylic acids is 2. The number of fused-ring (bicyclic) bond motifs is 1. The molecule has 2 saturated heterocycles. The molecule has 182 valence electrons. The van der Waals surface area contributed by atoms with Gasteiger partial charge in [-0.25, -0.2) is 9.97 Å². The zero-order valence-corrected chi connectivity index (χ0v) is 21.1.